The van der Waals surface area contributed by atoms with Crippen LogP contribution in [-0.2, 0) is 34.3 Å². The maximum absolute atomic E-state index is 14.0. The molecule has 7 aromatic rings. The number of benzene rings is 3. The molecule has 3 aromatic carbocycles. The van der Waals surface area contributed by atoms with E-state index in [1.54, 1.807) is 4.68 Å². The molecule has 1 unspecified atom stereocenters. The van der Waals surface area contributed by atoms with Gasteiger partial charge in [0.25, 0.3) is 5.91 Å². The van der Waals surface area contributed by atoms with E-state index in [1.807, 2.05) is 108 Å². The van der Waals surface area contributed by atoms with Crippen molar-refractivity contribution in [1.29, 1.82) is 0 Å². The number of carbonyl (C=O) groups is 4. The van der Waals surface area contributed by atoms with Crippen molar-refractivity contribution in [3.05, 3.63) is 119 Å². The van der Waals surface area contributed by atoms with Crippen LogP contribution in [0, 0.1) is 12.8 Å². The molecule has 16 nitrogen and oxygen atoms in total. The summed E-state index contributed by atoms with van der Waals surface area (Å²) in [6.07, 6.45) is 8.41. The molecule has 3 amide bonds. The first-order valence-corrected chi connectivity index (χ1v) is 27.7. The van der Waals surface area contributed by atoms with Crippen molar-refractivity contribution in [1.82, 2.24) is 34.9 Å². The number of hydrogen-bond donors (Lipinski definition) is 2. The fourth-order valence-corrected chi connectivity index (χ4v) is 12.3. The minimum absolute atomic E-state index is 0.157. The van der Waals surface area contributed by atoms with Gasteiger partial charge in [-0.25, -0.2) is 19.7 Å². The zero-order valence-corrected chi connectivity index (χ0v) is 44.9. The van der Waals surface area contributed by atoms with E-state index in [1.165, 1.54) is 24.2 Å². The maximum Gasteiger partial charge on any atom is 0.358 e. The van der Waals surface area contributed by atoms with Crippen LogP contribution < -0.4 is 25.2 Å². The summed E-state index contributed by atoms with van der Waals surface area (Å²) < 4.78 is 15.4. The molecule has 76 heavy (non-hydrogen) atoms. The first-order chi connectivity index (χ1) is 36.7. The number of hydrogen-bond acceptors (Lipinski definition) is 14. The maximum atomic E-state index is 14.0. The van der Waals surface area contributed by atoms with Gasteiger partial charge in [0.1, 0.15) is 23.0 Å². The number of para-hydroxylation sites is 1. The second-order valence-electron chi connectivity index (χ2n) is 21.9. The highest BCUT2D eigenvalue weighted by molar-refractivity contribution is 7.22. The van der Waals surface area contributed by atoms with Crippen molar-refractivity contribution in [2.24, 2.45) is 13.0 Å². The number of piperazine rings is 1. The van der Waals surface area contributed by atoms with Crippen molar-refractivity contribution >= 4 is 73.0 Å². The topological polar surface area (TPSA) is 177 Å². The number of imide groups is 1. The number of aryl methyl sites for hydroxylation is 2. The molecule has 2 saturated heterocycles. The predicted octanol–water partition coefficient (Wildman–Crippen LogP) is 9.78. The lowest BCUT2D eigenvalue weighted by Crippen LogP contribution is -2.47. The minimum Gasteiger partial charge on any atom is -0.490 e. The van der Waals surface area contributed by atoms with E-state index in [0.29, 0.717) is 59.6 Å². The summed E-state index contributed by atoms with van der Waals surface area (Å²) in [5.74, 6) is 1.44. The van der Waals surface area contributed by atoms with Gasteiger partial charge >= 0.3 is 5.97 Å². The van der Waals surface area contributed by atoms with E-state index < -0.39 is 17.5 Å². The summed E-state index contributed by atoms with van der Waals surface area (Å²) >= 11 is 1.45. The van der Waals surface area contributed by atoms with Crippen LogP contribution in [0.3, 0.4) is 0 Å². The van der Waals surface area contributed by atoms with Gasteiger partial charge in [-0.2, -0.15) is 5.10 Å². The molecular weight excluding hydrogens is 977 g/mol. The average Bonchev–Trinajstić information content (AvgIpc) is 3.98. The molecule has 4 aromatic heterocycles. The molecule has 1 aliphatic carbocycles. The SMILES string of the molecule is Cc1cc(OC2CCC(CCCN3CCN(c4ccc5c(C6CCC(=O)NC6=O)nn(C)c5n4)CC3)CC2)ccc1-c1ccc(N2CCc3cccc(C(=O)Nc4nc5ccccc5s4)c3C2)nc1C(=O)OC(C)(C)C. The molecule has 17 heteroatoms. The van der Waals surface area contributed by atoms with Crippen molar-refractivity contribution in [2.45, 2.75) is 110 Å². The molecule has 0 spiro atoms. The van der Waals surface area contributed by atoms with E-state index in [-0.39, 0.29) is 29.5 Å². The van der Waals surface area contributed by atoms with Crippen LogP contribution in [0.15, 0.2) is 84.9 Å². The molecule has 2 N–H and O–H groups in total. The molecule has 11 rings (SSSR count). The number of carbonyl (C=O) groups excluding carboxylic acids is 4. The summed E-state index contributed by atoms with van der Waals surface area (Å²) in [6, 6.07) is 27.8. The number of aromatic nitrogens is 5. The van der Waals surface area contributed by atoms with Crippen LogP contribution >= 0.6 is 11.3 Å². The molecule has 0 bridgehead atoms. The Morgan fingerprint density at radius 1 is 0.816 bits per heavy atom. The third kappa shape index (κ3) is 11.0. The number of thiazole rings is 1. The number of ether oxygens (including phenoxy) is 2. The van der Waals surface area contributed by atoms with Gasteiger partial charge in [-0.3, -0.25) is 34.6 Å². The Hall–Kier alpha value is -7.24. The number of piperidine rings is 1. The van der Waals surface area contributed by atoms with Gasteiger partial charge in [0, 0.05) is 69.3 Å². The monoisotopic (exact) mass is 1040 g/mol. The largest absolute Gasteiger partial charge is 0.490 e. The third-order valence-corrected chi connectivity index (χ3v) is 16.4. The van der Waals surface area contributed by atoms with Crippen LogP contribution in [0.25, 0.3) is 32.4 Å². The standard InChI is InChI=1S/C59H66N10O6S/c1-36-34-40(74-39-17-15-37(16-18-39)10-9-28-67-30-32-68(33-31-67)50-25-22-44-52(65-66(5)54(44)62-50)45-23-26-51(70)63-56(45)72)19-20-41(36)42-21-24-49(61-53(42)57(73)75-59(2,3)4)69-29-27-38-11-8-12-43(46(38)35-69)55(71)64-58-60-47-13-6-7-14-48(47)76-58/h6-8,11-14,19-22,24-25,34,37,39,45H,9-10,15-18,23,26-33,35H2,1-5H3,(H,60,64,71)(H,63,70,72). The Balaban J connectivity index is 0.675. The second kappa shape index (κ2) is 21.4. The first kappa shape index (κ1) is 50.9. The zero-order valence-electron chi connectivity index (χ0n) is 44.1. The molecule has 394 valence electrons. The van der Waals surface area contributed by atoms with E-state index in [9.17, 15) is 19.2 Å². The number of anilines is 3. The van der Waals surface area contributed by atoms with Gasteiger partial charge in [0.2, 0.25) is 11.8 Å². The summed E-state index contributed by atoms with van der Waals surface area (Å²) in [5.41, 5.74) is 7.02. The fourth-order valence-electron chi connectivity index (χ4n) is 11.5. The Morgan fingerprint density at radius 3 is 2.37 bits per heavy atom. The smallest absolute Gasteiger partial charge is 0.358 e. The summed E-state index contributed by atoms with van der Waals surface area (Å²) in [7, 11) is 1.86. The Bertz CT molecular complexity index is 3310. The first-order valence-electron chi connectivity index (χ1n) is 26.9. The van der Waals surface area contributed by atoms with Crippen molar-refractivity contribution in [2.75, 3.05) is 54.4 Å². The van der Waals surface area contributed by atoms with Crippen LogP contribution in [0.1, 0.15) is 121 Å². The zero-order chi connectivity index (χ0) is 52.7. The lowest BCUT2D eigenvalue weighted by Gasteiger charge is -2.36. The number of nitrogens with one attached hydrogen (secondary N) is 2. The molecule has 3 aliphatic heterocycles. The Morgan fingerprint density at radius 2 is 1.59 bits per heavy atom. The molecule has 1 atom stereocenters. The second-order valence-corrected chi connectivity index (χ2v) is 22.9. The van der Waals surface area contributed by atoms with Crippen LogP contribution in [0.5, 0.6) is 5.75 Å². The van der Waals surface area contributed by atoms with E-state index in [4.69, 9.17) is 19.4 Å². The van der Waals surface area contributed by atoms with E-state index in [0.717, 1.165) is 120 Å². The van der Waals surface area contributed by atoms with Crippen LogP contribution in [0.4, 0.5) is 16.8 Å². The van der Waals surface area contributed by atoms with Gasteiger partial charge in [0.15, 0.2) is 16.5 Å². The number of esters is 1. The molecular formula is C59H66N10O6S. The lowest BCUT2D eigenvalue weighted by atomic mass is 9.84. The molecule has 4 aliphatic rings. The quantitative estimate of drug-likeness (QED) is 0.0825. The number of nitrogens with zero attached hydrogens (tertiary/aromatic N) is 8. The lowest BCUT2D eigenvalue weighted by molar-refractivity contribution is -0.134. The van der Waals surface area contributed by atoms with Gasteiger partial charge < -0.3 is 19.3 Å². The minimum atomic E-state index is -0.725. The Kier molecular flexibility index (Phi) is 14.3. The van der Waals surface area contributed by atoms with Gasteiger partial charge in [0.05, 0.1) is 27.9 Å². The highest BCUT2D eigenvalue weighted by Crippen LogP contribution is 2.37. The van der Waals surface area contributed by atoms with Crippen molar-refractivity contribution in [3.63, 3.8) is 0 Å². The molecule has 3 fully saturated rings. The highest BCUT2D eigenvalue weighted by Gasteiger charge is 2.33. The third-order valence-electron chi connectivity index (χ3n) is 15.5. The summed E-state index contributed by atoms with van der Waals surface area (Å²) in [4.78, 5) is 73.8. The van der Waals surface area contributed by atoms with E-state index in [2.05, 4.69) is 47.5 Å². The van der Waals surface area contributed by atoms with E-state index >= 15 is 0 Å². The normalized spacial score (nSPS) is 19.4. The number of rotatable bonds is 13. The number of pyridine rings is 2. The number of fused-ring (bicyclic) bond motifs is 3. The van der Waals surface area contributed by atoms with Crippen molar-refractivity contribution < 1.29 is 28.7 Å². The van der Waals surface area contributed by atoms with Gasteiger partial charge in [-0.1, -0.05) is 41.7 Å². The fraction of sp³-hybridized carbons (Fsp3) is 0.424. The molecule has 0 radical (unpaired) electrons. The summed E-state index contributed by atoms with van der Waals surface area (Å²) in [5, 5.41) is 11.6. The van der Waals surface area contributed by atoms with Gasteiger partial charge in [-0.05, 0) is 168 Å². The van der Waals surface area contributed by atoms with Crippen LogP contribution in [-0.4, -0.2) is 104 Å². The molecule has 7 heterocycles. The van der Waals surface area contributed by atoms with Crippen LogP contribution in [0.2, 0.25) is 0 Å². The van der Waals surface area contributed by atoms with Crippen molar-refractivity contribution in [3.8, 4) is 16.9 Å². The highest BCUT2D eigenvalue weighted by atomic mass is 32.1. The van der Waals surface area contributed by atoms with Gasteiger partial charge in [-0.15, -0.1) is 0 Å². The Labute approximate surface area is 447 Å². The average molecular weight is 1040 g/mol. The molecule has 1 saturated carbocycles. The summed E-state index contributed by atoms with van der Waals surface area (Å²) in [6.45, 7) is 13.6. The number of amides is 3. The predicted molar refractivity (Wildman–Crippen MR) is 296 cm³/mol.